The molecule has 1 saturated carbocycles. The van der Waals surface area contributed by atoms with Gasteiger partial charge < -0.3 is 24.7 Å². The maximum absolute atomic E-state index is 13.6. The fourth-order valence-electron chi connectivity index (χ4n) is 5.56. The normalized spacial score (nSPS) is 17.4. The molecule has 8 nitrogen and oxygen atoms in total. The van der Waals surface area contributed by atoms with Crippen LogP contribution < -0.4 is 15.0 Å². The molecule has 2 aromatic carbocycles. The molecule has 0 bridgehead atoms. The summed E-state index contributed by atoms with van der Waals surface area (Å²) >= 11 is 0. The van der Waals surface area contributed by atoms with Crippen molar-refractivity contribution < 1.29 is 23.2 Å². The van der Waals surface area contributed by atoms with Gasteiger partial charge in [-0.2, -0.15) is 0 Å². The number of carbonyl (C=O) groups is 1. The van der Waals surface area contributed by atoms with Gasteiger partial charge in [0, 0.05) is 36.3 Å². The summed E-state index contributed by atoms with van der Waals surface area (Å²) in [4.78, 5) is 19.5. The number of nitrogens with zero attached hydrogens (tertiary/aromatic N) is 4. The topological polar surface area (TPSA) is 86.5 Å². The van der Waals surface area contributed by atoms with Crippen LogP contribution in [-0.2, 0) is 11.8 Å². The van der Waals surface area contributed by atoms with Gasteiger partial charge in [0.05, 0.1) is 13.1 Å². The molecule has 2 fully saturated rings. The van der Waals surface area contributed by atoms with E-state index in [-0.39, 0.29) is 18.0 Å². The van der Waals surface area contributed by atoms with Crippen molar-refractivity contribution in [2.45, 2.75) is 57.6 Å². The van der Waals surface area contributed by atoms with E-state index in [1.54, 1.807) is 23.4 Å². The lowest BCUT2D eigenvalue weighted by molar-refractivity contribution is -0.658. The first-order chi connectivity index (χ1) is 19.1. The molecule has 0 spiro atoms. The van der Waals surface area contributed by atoms with Crippen LogP contribution >= 0.6 is 0 Å². The number of amides is 1. The number of halogens is 1. The van der Waals surface area contributed by atoms with Gasteiger partial charge >= 0.3 is 6.09 Å². The van der Waals surface area contributed by atoms with Crippen LogP contribution in [-0.4, -0.2) is 39.2 Å². The number of fused-ring (bicyclic) bond motifs is 1. The number of aryl methyl sites for hydroxylation is 1. The molecule has 1 unspecified atom stereocenters. The van der Waals surface area contributed by atoms with Crippen molar-refractivity contribution in [2.24, 2.45) is 7.05 Å². The summed E-state index contributed by atoms with van der Waals surface area (Å²) in [6.07, 6.45) is 4.47. The number of carbonyl (C=O) groups excluding carboxylic acids is 1. The second-order valence-corrected chi connectivity index (χ2v) is 11.8. The van der Waals surface area contributed by atoms with E-state index in [4.69, 9.17) is 20.2 Å². The van der Waals surface area contributed by atoms with Crippen molar-refractivity contribution in [3.8, 4) is 22.6 Å². The molecule has 2 aromatic heterocycles. The third-order valence-corrected chi connectivity index (χ3v) is 7.53. The van der Waals surface area contributed by atoms with Crippen LogP contribution in [0.3, 0.4) is 0 Å². The number of likely N-dealkylation sites (tertiary alicyclic amines) is 1. The Morgan fingerprint density at radius 3 is 2.52 bits per heavy atom. The van der Waals surface area contributed by atoms with Crippen LogP contribution in [0.5, 0.6) is 11.5 Å². The van der Waals surface area contributed by atoms with Crippen LogP contribution in [0, 0.1) is 5.82 Å². The molecule has 2 aliphatic rings. The maximum Gasteiger partial charge on any atom is 0.410 e. The van der Waals surface area contributed by atoms with Crippen LogP contribution in [0.1, 0.15) is 57.7 Å². The van der Waals surface area contributed by atoms with Gasteiger partial charge in [0.2, 0.25) is 17.8 Å². The molecule has 40 heavy (non-hydrogen) atoms. The van der Waals surface area contributed by atoms with Crippen molar-refractivity contribution in [3.63, 3.8) is 0 Å². The first-order valence-electron chi connectivity index (χ1n) is 13.8. The van der Waals surface area contributed by atoms with Gasteiger partial charge in [-0.15, -0.1) is 0 Å². The van der Waals surface area contributed by atoms with Gasteiger partial charge in [-0.25, -0.2) is 13.8 Å². The minimum absolute atomic E-state index is 0.0644. The third-order valence-electron chi connectivity index (χ3n) is 7.53. The van der Waals surface area contributed by atoms with Gasteiger partial charge in [0.25, 0.3) is 0 Å². The number of rotatable bonds is 5. The molecular formula is C31H35FN5O3+. The molecule has 3 heterocycles. The lowest BCUT2D eigenvalue weighted by atomic mass is 10.0. The molecule has 1 aliphatic carbocycles. The Morgan fingerprint density at radius 2 is 1.85 bits per heavy atom. The number of anilines is 1. The zero-order valence-corrected chi connectivity index (χ0v) is 23.4. The standard InChI is InChI=1S/C31H34FN5O3/c1-31(2,3)40-30(38)36-15-14-22(17-36)37-27(20-8-9-20)25(26-28(33)35(4)18-34-29(26)37)19-10-12-23(13-11-19)39-24-7-5-6-21(32)16-24/h5-7,10-13,16,18,20,22,33H,8-9,14-15,17H2,1-4H3/p+1. The second kappa shape index (κ2) is 9.80. The fourth-order valence-corrected chi connectivity index (χ4v) is 5.56. The number of hydrogen-bond acceptors (Lipinski definition) is 5. The lowest BCUT2D eigenvalue weighted by Gasteiger charge is -2.24. The van der Waals surface area contributed by atoms with Gasteiger partial charge in [-0.1, -0.05) is 23.2 Å². The van der Waals surface area contributed by atoms with Crippen LogP contribution in [0.4, 0.5) is 15.0 Å². The number of hydrogen-bond donors (Lipinski definition) is 1. The van der Waals surface area contributed by atoms with Crippen LogP contribution in [0.2, 0.25) is 0 Å². The Hall–Kier alpha value is -4.14. The predicted molar refractivity (Wildman–Crippen MR) is 151 cm³/mol. The molecule has 208 valence electrons. The van der Waals surface area contributed by atoms with Gasteiger partial charge in [-0.05, 0) is 69.9 Å². The average Bonchev–Trinajstić information content (AvgIpc) is 3.51. The number of benzene rings is 2. The van der Waals surface area contributed by atoms with Crippen molar-refractivity contribution >= 4 is 22.9 Å². The summed E-state index contributed by atoms with van der Waals surface area (Å²) in [6.45, 7) is 6.84. The maximum atomic E-state index is 13.6. The smallest absolute Gasteiger partial charge is 0.410 e. The Morgan fingerprint density at radius 1 is 1.10 bits per heavy atom. The number of aromatic nitrogens is 3. The lowest BCUT2D eigenvalue weighted by Crippen LogP contribution is -2.35. The van der Waals surface area contributed by atoms with E-state index in [1.807, 2.05) is 56.7 Å². The summed E-state index contributed by atoms with van der Waals surface area (Å²) < 4.78 is 29.4. The summed E-state index contributed by atoms with van der Waals surface area (Å²) in [5.41, 5.74) is 10.3. The van der Waals surface area contributed by atoms with Gasteiger partial charge in [0.15, 0.2) is 0 Å². The van der Waals surface area contributed by atoms with Crippen molar-refractivity contribution in [1.82, 2.24) is 14.5 Å². The van der Waals surface area contributed by atoms with Gasteiger partial charge in [-0.3, -0.25) is 0 Å². The van der Waals surface area contributed by atoms with E-state index in [9.17, 15) is 9.18 Å². The highest BCUT2D eigenvalue weighted by molar-refractivity contribution is 6.02. The predicted octanol–water partition coefficient (Wildman–Crippen LogP) is 6.10. The summed E-state index contributed by atoms with van der Waals surface area (Å²) in [5.74, 6) is 1.75. The Labute approximate surface area is 233 Å². The molecule has 1 amide bonds. The third kappa shape index (κ3) is 4.96. The monoisotopic (exact) mass is 544 g/mol. The number of nitrogen functional groups attached to an aromatic ring is 1. The molecule has 9 heteroatoms. The molecule has 6 rings (SSSR count). The number of ether oxygens (including phenoxy) is 2. The molecule has 0 radical (unpaired) electrons. The summed E-state index contributed by atoms with van der Waals surface area (Å²) in [7, 11) is 1.90. The van der Waals surface area contributed by atoms with Crippen molar-refractivity contribution in [2.75, 3.05) is 18.8 Å². The van der Waals surface area contributed by atoms with Crippen LogP contribution in [0.15, 0.2) is 54.9 Å². The number of nitrogens with two attached hydrogens (primary N) is 1. The SMILES string of the molecule is C[n+]1cnc2c(c(-c3ccc(Oc4cccc(F)c4)cc3)c(C3CC3)n2C2CCN(C(=O)OC(C)(C)C)C2)c1N. The molecule has 1 aliphatic heterocycles. The first kappa shape index (κ1) is 26.1. The van der Waals surface area contributed by atoms with Crippen molar-refractivity contribution in [3.05, 3.63) is 66.4 Å². The van der Waals surface area contributed by atoms with E-state index in [2.05, 4.69) is 4.57 Å². The van der Waals surface area contributed by atoms with E-state index < -0.39 is 5.60 Å². The van der Waals surface area contributed by atoms with Crippen molar-refractivity contribution in [1.29, 1.82) is 0 Å². The zero-order valence-electron chi connectivity index (χ0n) is 23.4. The zero-order chi connectivity index (χ0) is 28.2. The quantitative estimate of drug-likeness (QED) is 0.307. The van der Waals surface area contributed by atoms with E-state index in [0.29, 0.717) is 36.3 Å². The van der Waals surface area contributed by atoms with E-state index in [0.717, 1.165) is 41.4 Å². The Balaban J connectivity index is 1.41. The fraction of sp³-hybridized carbons (Fsp3) is 0.387. The highest BCUT2D eigenvalue weighted by Gasteiger charge is 2.40. The Kier molecular flexibility index (Phi) is 6.40. The van der Waals surface area contributed by atoms with E-state index in [1.165, 1.54) is 17.8 Å². The van der Waals surface area contributed by atoms with E-state index >= 15 is 0 Å². The second-order valence-electron chi connectivity index (χ2n) is 11.8. The summed E-state index contributed by atoms with van der Waals surface area (Å²) in [6, 6.07) is 14.0. The molecule has 4 aromatic rings. The van der Waals surface area contributed by atoms with Crippen LogP contribution in [0.25, 0.3) is 22.2 Å². The summed E-state index contributed by atoms with van der Waals surface area (Å²) in [5, 5.41) is 0.918. The van der Waals surface area contributed by atoms with Gasteiger partial charge in [0.1, 0.15) is 28.3 Å². The molecule has 1 atom stereocenters. The molecule has 2 N–H and O–H groups in total. The highest BCUT2D eigenvalue weighted by atomic mass is 19.1. The largest absolute Gasteiger partial charge is 0.457 e. The Bertz CT molecular complexity index is 1590. The molecular weight excluding hydrogens is 509 g/mol. The first-order valence-corrected chi connectivity index (χ1v) is 13.8. The molecule has 1 saturated heterocycles. The minimum atomic E-state index is -0.545. The average molecular weight is 545 g/mol. The minimum Gasteiger partial charge on any atom is -0.457 e. The highest BCUT2D eigenvalue weighted by Crippen LogP contribution is 2.51.